The van der Waals surface area contributed by atoms with E-state index in [1.807, 2.05) is 4.90 Å². The molecule has 0 radical (unpaired) electrons. The highest BCUT2D eigenvalue weighted by Crippen LogP contribution is 2.19. The fourth-order valence-corrected chi connectivity index (χ4v) is 2.94. The molecular weight excluding hydrogens is 276 g/mol. The SMILES string of the molecule is CC(=O)NCC1CCN(C(=O)c2csc(CN)n2)CC1. The van der Waals surface area contributed by atoms with Crippen molar-refractivity contribution in [2.24, 2.45) is 11.7 Å². The average molecular weight is 296 g/mol. The molecule has 1 aliphatic heterocycles. The molecule has 2 rings (SSSR count). The average Bonchev–Trinajstić information content (AvgIpc) is 2.94. The number of likely N-dealkylation sites (tertiary alicyclic amines) is 1. The van der Waals surface area contributed by atoms with Gasteiger partial charge in [-0.1, -0.05) is 0 Å². The number of rotatable bonds is 4. The molecule has 110 valence electrons. The number of piperidine rings is 1. The van der Waals surface area contributed by atoms with E-state index in [0.29, 0.717) is 24.7 Å². The molecule has 1 saturated heterocycles. The largest absolute Gasteiger partial charge is 0.356 e. The molecule has 0 aliphatic carbocycles. The maximum Gasteiger partial charge on any atom is 0.273 e. The van der Waals surface area contributed by atoms with Gasteiger partial charge in [-0.25, -0.2) is 4.98 Å². The first-order valence-corrected chi connectivity index (χ1v) is 7.66. The van der Waals surface area contributed by atoms with Crippen molar-refractivity contribution >= 4 is 23.2 Å². The van der Waals surface area contributed by atoms with E-state index in [2.05, 4.69) is 10.3 Å². The summed E-state index contributed by atoms with van der Waals surface area (Å²) >= 11 is 1.42. The molecule has 0 aromatic carbocycles. The molecule has 20 heavy (non-hydrogen) atoms. The quantitative estimate of drug-likeness (QED) is 0.851. The van der Waals surface area contributed by atoms with E-state index < -0.39 is 0 Å². The smallest absolute Gasteiger partial charge is 0.273 e. The zero-order chi connectivity index (χ0) is 14.5. The van der Waals surface area contributed by atoms with Crippen molar-refractivity contribution < 1.29 is 9.59 Å². The summed E-state index contributed by atoms with van der Waals surface area (Å²) in [5.41, 5.74) is 6.00. The molecule has 1 fully saturated rings. The topological polar surface area (TPSA) is 88.3 Å². The zero-order valence-corrected chi connectivity index (χ0v) is 12.4. The van der Waals surface area contributed by atoms with Gasteiger partial charge in [-0.15, -0.1) is 11.3 Å². The number of thiazole rings is 1. The van der Waals surface area contributed by atoms with Crippen molar-refractivity contribution in [3.05, 3.63) is 16.1 Å². The Labute approximate surface area is 122 Å². The summed E-state index contributed by atoms with van der Waals surface area (Å²) in [6, 6.07) is 0. The third kappa shape index (κ3) is 3.77. The summed E-state index contributed by atoms with van der Waals surface area (Å²) in [4.78, 5) is 29.2. The number of nitrogens with one attached hydrogen (secondary N) is 1. The highest BCUT2D eigenvalue weighted by Gasteiger charge is 2.24. The van der Waals surface area contributed by atoms with Crippen LogP contribution in [0.1, 0.15) is 35.3 Å². The van der Waals surface area contributed by atoms with Gasteiger partial charge in [0, 0.05) is 38.5 Å². The fraction of sp³-hybridized carbons (Fsp3) is 0.615. The number of aromatic nitrogens is 1. The normalized spacial score (nSPS) is 16.2. The van der Waals surface area contributed by atoms with Gasteiger partial charge in [0.15, 0.2) is 0 Å². The van der Waals surface area contributed by atoms with Gasteiger partial charge in [-0.3, -0.25) is 9.59 Å². The van der Waals surface area contributed by atoms with E-state index in [0.717, 1.165) is 30.9 Å². The Bertz CT molecular complexity index is 480. The second kappa shape index (κ2) is 6.81. The molecule has 3 N–H and O–H groups in total. The monoisotopic (exact) mass is 296 g/mol. The van der Waals surface area contributed by atoms with Crippen molar-refractivity contribution in [3.8, 4) is 0 Å². The van der Waals surface area contributed by atoms with Crippen LogP contribution >= 0.6 is 11.3 Å². The lowest BCUT2D eigenvalue weighted by Crippen LogP contribution is -2.41. The predicted octanol–water partition coefficient (Wildman–Crippen LogP) is 0.590. The van der Waals surface area contributed by atoms with Crippen LogP contribution in [-0.2, 0) is 11.3 Å². The lowest BCUT2D eigenvalue weighted by molar-refractivity contribution is -0.119. The Hall–Kier alpha value is -1.47. The summed E-state index contributed by atoms with van der Waals surface area (Å²) < 4.78 is 0. The number of nitrogens with zero attached hydrogens (tertiary/aromatic N) is 2. The molecule has 1 aromatic heterocycles. The molecule has 1 aromatic rings. The summed E-state index contributed by atoms with van der Waals surface area (Å²) in [5.74, 6) is 0.442. The predicted molar refractivity (Wildman–Crippen MR) is 77.3 cm³/mol. The molecule has 2 heterocycles. The molecular formula is C13H20N4O2S. The van der Waals surface area contributed by atoms with E-state index in [-0.39, 0.29) is 11.8 Å². The Morgan fingerprint density at radius 3 is 2.75 bits per heavy atom. The van der Waals surface area contributed by atoms with E-state index in [1.165, 1.54) is 18.3 Å². The number of amides is 2. The minimum atomic E-state index is -0.0149. The van der Waals surface area contributed by atoms with Gasteiger partial charge in [0.25, 0.3) is 5.91 Å². The Morgan fingerprint density at radius 2 is 2.20 bits per heavy atom. The van der Waals surface area contributed by atoms with Crippen molar-refractivity contribution in [2.45, 2.75) is 26.3 Å². The first kappa shape index (κ1) is 14.9. The minimum Gasteiger partial charge on any atom is -0.356 e. The van der Waals surface area contributed by atoms with E-state index in [9.17, 15) is 9.59 Å². The second-order valence-electron chi connectivity index (χ2n) is 5.00. The van der Waals surface area contributed by atoms with Crippen LogP contribution in [-0.4, -0.2) is 41.3 Å². The Kier molecular flexibility index (Phi) is 5.08. The van der Waals surface area contributed by atoms with Gasteiger partial charge in [0.1, 0.15) is 10.7 Å². The van der Waals surface area contributed by atoms with Gasteiger partial charge in [-0.2, -0.15) is 0 Å². The van der Waals surface area contributed by atoms with Crippen molar-refractivity contribution in [1.29, 1.82) is 0 Å². The number of carbonyl (C=O) groups excluding carboxylic acids is 2. The molecule has 2 amide bonds. The van der Waals surface area contributed by atoms with Crippen LogP contribution in [0.15, 0.2) is 5.38 Å². The molecule has 0 bridgehead atoms. The molecule has 0 unspecified atom stereocenters. The van der Waals surface area contributed by atoms with Gasteiger partial charge < -0.3 is 16.0 Å². The van der Waals surface area contributed by atoms with Crippen LogP contribution in [0.25, 0.3) is 0 Å². The Morgan fingerprint density at radius 1 is 1.50 bits per heavy atom. The van der Waals surface area contributed by atoms with E-state index in [1.54, 1.807) is 5.38 Å². The highest BCUT2D eigenvalue weighted by molar-refractivity contribution is 7.09. The second-order valence-corrected chi connectivity index (χ2v) is 5.95. The van der Waals surface area contributed by atoms with Crippen molar-refractivity contribution in [3.63, 3.8) is 0 Å². The Balaban J connectivity index is 1.84. The summed E-state index contributed by atoms with van der Waals surface area (Å²) in [7, 11) is 0. The minimum absolute atomic E-state index is 0.000271. The van der Waals surface area contributed by atoms with Crippen LogP contribution < -0.4 is 11.1 Å². The maximum atomic E-state index is 12.3. The number of carbonyl (C=O) groups is 2. The maximum absolute atomic E-state index is 12.3. The standard InChI is InChI=1S/C13H20N4O2S/c1-9(18)15-7-10-2-4-17(5-3-10)13(19)11-8-20-12(6-14)16-11/h8,10H,2-7,14H2,1H3,(H,15,18). The molecule has 0 atom stereocenters. The summed E-state index contributed by atoms with van der Waals surface area (Å²) in [6.45, 7) is 4.04. The molecule has 6 nitrogen and oxygen atoms in total. The number of hydrogen-bond donors (Lipinski definition) is 2. The van der Waals surface area contributed by atoms with Crippen LogP contribution in [0.4, 0.5) is 0 Å². The lowest BCUT2D eigenvalue weighted by Gasteiger charge is -2.31. The molecule has 7 heteroatoms. The summed E-state index contributed by atoms with van der Waals surface area (Å²) in [5, 5.41) is 5.39. The van der Waals surface area contributed by atoms with Crippen molar-refractivity contribution in [1.82, 2.24) is 15.2 Å². The van der Waals surface area contributed by atoms with Gasteiger partial charge in [0.05, 0.1) is 0 Å². The van der Waals surface area contributed by atoms with Gasteiger partial charge >= 0.3 is 0 Å². The zero-order valence-electron chi connectivity index (χ0n) is 11.6. The first-order valence-electron chi connectivity index (χ1n) is 6.78. The van der Waals surface area contributed by atoms with E-state index in [4.69, 9.17) is 5.73 Å². The van der Waals surface area contributed by atoms with Crippen LogP contribution in [0.5, 0.6) is 0 Å². The summed E-state index contributed by atoms with van der Waals surface area (Å²) in [6.07, 6.45) is 1.83. The van der Waals surface area contributed by atoms with Crippen molar-refractivity contribution in [2.75, 3.05) is 19.6 Å². The number of nitrogens with two attached hydrogens (primary N) is 1. The van der Waals surface area contributed by atoms with Gasteiger partial charge in [-0.05, 0) is 18.8 Å². The lowest BCUT2D eigenvalue weighted by atomic mass is 9.96. The van der Waals surface area contributed by atoms with Gasteiger partial charge in [0.2, 0.25) is 5.91 Å². The van der Waals surface area contributed by atoms with Crippen LogP contribution in [0, 0.1) is 5.92 Å². The fourth-order valence-electron chi connectivity index (χ4n) is 2.29. The molecule has 0 saturated carbocycles. The molecule has 0 spiro atoms. The highest BCUT2D eigenvalue weighted by atomic mass is 32.1. The van der Waals surface area contributed by atoms with Crippen LogP contribution in [0.3, 0.4) is 0 Å². The number of hydrogen-bond acceptors (Lipinski definition) is 5. The molecule has 1 aliphatic rings. The third-order valence-electron chi connectivity index (χ3n) is 3.49. The first-order chi connectivity index (χ1) is 9.60. The van der Waals surface area contributed by atoms with Crippen LogP contribution in [0.2, 0.25) is 0 Å². The van der Waals surface area contributed by atoms with E-state index >= 15 is 0 Å². The third-order valence-corrected chi connectivity index (χ3v) is 4.36.